The van der Waals surface area contributed by atoms with Gasteiger partial charge in [0, 0.05) is 0 Å². The van der Waals surface area contributed by atoms with Gasteiger partial charge in [-0.05, 0) is 20.8 Å². The smallest absolute Gasteiger partial charge is 0.411 e. The maximum atomic E-state index is 11.4. The summed E-state index contributed by atoms with van der Waals surface area (Å²) in [7, 11) is 0. The van der Waals surface area contributed by atoms with Gasteiger partial charge in [0.15, 0.2) is 0 Å². The molecule has 0 spiro atoms. The number of aldehydes is 1. The Hall–Kier alpha value is -1.59. The molecule has 0 fully saturated rings. The first-order valence-electron chi connectivity index (χ1n) is 4.46. The summed E-state index contributed by atoms with van der Waals surface area (Å²) in [4.78, 5) is 33.2. The van der Waals surface area contributed by atoms with Crippen LogP contribution in [-0.2, 0) is 14.3 Å². The number of nitrogens with zero attached hydrogens (tertiary/aromatic N) is 1. The first-order valence-corrected chi connectivity index (χ1v) is 4.46. The molecule has 0 aliphatic carbocycles. The number of hydrogen-bond acceptors (Lipinski definition) is 4. The van der Waals surface area contributed by atoms with Gasteiger partial charge in [-0.1, -0.05) is 0 Å². The summed E-state index contributed by atoms with van der Waals surface area (Å²) < 4.78 is 4.97. The van der Waals surface area contributed by atoms with Crippen molar-refractivity contribution in [2.75, 3.05) is 13.1 Å². The molecule has 15 heavy (non-hydrogen) atoms. The minimum absolute atomic E-state index is 0.210. The molecule has 6 heteroatoms. The van der Waals surface area contributed by atoms with E-state index in [0.29, 0.717) is 6.29 Å². The van der Waals surface area contributed by atoms with Crippen molar-refractivity contribution < 1.29 is 19.1 Å². The third-order valence-corrected chi connectivity index (χ3v) is 1.29. The molecule has 0 unspecified atom stereocenters. The van der Waals surface area contributed by atoms with E-state index in [4.69, 9.17) is 10.5 Å². The molecule has 0 atom stereocenters. The molecule has 0 heterocycles. The second-order valence-electron chi connectivity index (χ2n) is 3.99. The number of hydrogen-bond donors (Lipinski definition) is 1. The molecule has 0 radical (unpaired) electrons. The highest BCUT2D eigenvalue weighted by atomic mass is 16.6. The van der Waals surface area contributed by atoms with Crippen molar-refractivity contribution >= 4 is 18.3 Å². The average Bonchev–Trinajstić information content (AvgIpc) is 1.99. The highest BCUT2D eigenvalue weighted by Crippen LogP contribution is 2.09. The third-order valence-electron chi connectivity index (χ3n) is 1.29. The number of rotatable bonds is 4. The summed E-state index contributed by atoms with van der Waals surface area (Å²) in [6.45, 7) is 4.53. The molecule has 0 aromatic carbocycles. The van der Waals surface area contributed by atoms with E-state index in [0.717, 1.165) is 4.90 Å². The van der Waals surface area contributed by atoms with Crippen LogP contribution in [0.25, 0.3) is 0 Å². The van der Waals surface area contributed by atoms with Gasteiger partial charge in [0.1, 0.15) is 18.4 Å². The highest BCUT2D eigenvalue weighted by Gasteiger charge is 2.22. The molecule has 86 valence electrons. The van der Waals surface area contributed by atoms with Gasteiger partial charge in [0.2, 0.25) is 5.91 Å². The molecule has 0 rings (SSSR count). The van der Waals surface area contributed by atoms with E-state index in [1.165, 1.54) is 0 Å². The van der Waals surface area contributed by atoms with Crippen LogP contribution >= 0.6 is 0 Å². The zero-order valence-corrected chi connectivity index (χ0v) is 9.15. The number of ether oxygens (including phenoxy) is 1. The van der Waals surface area contributed by atoms with Crippen molar-refractivity contribution in [1.82, 2.24) is 4.90 Å². The maximum Gasteiger partial charge on any atom is 0.411 e. The Labute approximate surface area is 88.4 Å². The summed E-state index contributed by atoms with van der Waals surface area (Å²) in [5, 5.41) is 0. The molecular weight excluding hydrogens is 200 g/mol. The van der Waals surface area contributed by atoms with Crippen molar-refractivity contribution in [3.63, 3.8) is 0 Å². The van der Waals surface area contributed by atoms with Gasteiger partial charge in [-0.15, -0.1) is 0 Å². The fourth-order valence-corrected chi connectivity index (χ4v) is 0.808. The molecule has 0 aromatic heterocycles. The van der Waals surface area contributed by atoms with Gasteiger partial charge >= 0.3 is 6.09 Å². The molecule has 2 N–H and O–H groups in total. The van der Waals surface area contributed by atoms with Crippen LogP contribution in [0, 0.1) is 0 Å². The Balaban J connectivity index is 4.41. The normalized spacial score (nSPS) is 10.6. The Kier molecular flexibility index (Phi) is 4.77. The van der Waals surface area contributed by atoms with Crippen LogP contribution in [0.15, 0.2) is 0 Å². The van der Waals surface area contributed by atoms with E-state index < -0.39 is 17.6 Å². The van der Waals surface area contributed by atoms with Crippen molar-refractivity contribution in [2.45, 2.75) is 26.4 Å². The Morgan fingerprint density at radius 3 is 2.27 bits per heavy atom. The monoisotopic (exact) mass is 216 g/mol. The molecule has 0 aliphatic rings. The third kappa shape index (κ3) is 6.48. The van der Waals surface area contributed by atoms with E-state index >= 15 is 0 Å². The van der Waals surface area contributed by atoms with E-state index in [9.17, 15) is 14.4 Å². The molecule has 0 aromatic rings. The predicted octanol–water partition coefficient (Wildman–Crippen LogP) is -0.0923. The zero-order valence-electron chi connectivity index (χ0n) is 9.15. The van der Waals surface area contributed by atoms with Crippen LogP contribution in [0.4, 0.5) is 4.79 Å². The quantitative estimate of drug-likeness (QED) is 0.665. The molecule has 6 nitrogen and oxygen atoms in total. The summed E-state index contributed by atoms with van der Waals surface area (Å²) in [5.74, 6) is -0.692. The van der Waals surface area contributed by atoms with Crippen LogP contribution in [0.3, 0.4) is 0 Å². The van der Waals surface area contributed by atoms with E-state index in [2.05, 4.69) is 0 Å². The topological polar surface area (TPSA) is 89.7 Å². The lowest BCUT2D eigenvalue weighted by molar-refractivity contribution is -0.119. The van der Waals surface area contributed by atoms with Crippen LogP contribution in [0.5, 0.6) is 0 Å². The maximum absolute atomic E-state index is 11.4. The van der Waals surface area contributed by atoms with Gasteiger partial charge in [-0.25, -0.2) is 4.79 Å². The first kappa shape index (κ1) is 13.4. The molecule has 2 amide bonds. The molecule has 0 saturated carbocycles. The SMILES string of the molecule is CC(C)(C)OC(=O)N(CC=O)CC(N)=O. The standard InChI is InChI=1S/C9H16N2O4/c1-9(2,3)15-8(14)11(4-5-12)6-7(10)13/h5H,4,6H2,1-3H3,(H2,10,13). The Morgan fingerprint density at radius 1 is 1.40 bits per heavy atom. The van der Waals surface area contributed by atoms with Crippen molar-refractivity contribution in [1.29, 1.82) is 0 Å². The van der Waals surface area contributed by atoms with Crippen LogP contribution in [-0.4, -0.2) is 41.9 Å². The predicted molar refractivity (Wildman–Crippen MR) is 53.1 cm³/mol. The molecule has 0 bridgehead atoms. The zero-order chi connectivity index (χ0) is 12.1. The lowest BCUT2D eigenvalue weighted by Crippen LogP contribution is -2.42. The van der Waals surface area contributed by atoms with Crippen LogP contribution < -0.4 is 5.73 Å². The molecular formula is C9H16N2O4. The number of nitrogens with two attached hydrogens (primary N) is 1. The molecule has 0 saturated heterocycles. The van der Waals surface area contributed by atoms with Gasteiger partial charge in [-0.3, -0.25) is 9.69 Å². The van der Waals surface area contributed by atoms with Crippen molar-refractivity contribution in [3.05, 3.63) is 0 Å². The van der Waals surface area contributed by atoms with Crippen LogP contribution in [0.1, 0.15) is 20.8 Å². The van der Waals surface area contributed by atoms with Gasteiger partial charge in [0.25, 0.3) is 0 Å². The molecule has 0 aliphatic heterocycles. The fraction of sp³-hybridized carbons (Fsp3) is 0.667. The highest BCUT2D eigenvalue weighted by molar-refractivity contribution is 5.82. The number of carbonyl (C=O) groups is 3. The lowest BCUT2D eigenvalue weighted by Gasteiger charge is -2.25. The summed E-state index contributed by atoms with van der Waals surface area (Å²) in [6.07, 6.45) is -0.222. The minimum atomic E-state index is -0.728. The number of carbonyl (C=O) groups excluding carboxylic acids is 3. The van der Waals surface area contributed by atoms with E-state index in [1.54, 1.807) is 20.8 Å². The lowest BCUT2D eigenvalue weighted by atomic mass is 10.2. The van der Waals surface area contributed by atoms with E-state index in [1.807, 2.05) is 0 Å². The second-order valence-corrected chi connectivity index (χ2v) is 3.99. The minimum Gasteiger partial charge on any atom is -0.444 e. The number of primary amides is 1. The first-order chi connectivity index (χ1) is 6.76. The average molecular weight is 216 g/mol. The summed E-state index contributed by atoms with van der Waals surface area (Å²) >= 11 is 0. The second kappa shape index (κ2) is 5.33. The van der Waals surface area contributed by atoms with Gasteiger partial charge in [-0.2, -0.15) is 0 Å². The van der Waals surface area contributed by atoms with Gasteiger partial charge < -0.3 is 15.3 Å². The van der Waals surface area contributed by atoms with E-state index in [-0.39, 0.29) is 13.1 Å². The summed E-state index contributed by atoms with van der Waals surface area (Å²) in [6, 6.07) is 0. The Bertz CT molecular complexity index is 257. The van der Waals surface area contributed by atoms with Crippen molar-refractivity contribution in [2.24, 2.45) is 5.73 Å². The Morgan fingerprint density at radius 2 is 1.93 bits per heavy atom. The van der Waals surface area contributed by atoms with Gasteiger partial charge in [0.05, 0.1) is 6.54 Å². The fourth-order valence-electron chi connectivity index (χ4n) is 0.808. The van der Waals surface area contributed by atoms with Crippen LogP contribution in [0.2, 0.25) is 0 Å². The van der Waals surface area contributed by atoms with Crippen molar-refractivity contribution in [3.8, 4) is 0 Å². The summed E-state index contributed by atoms with van der Waals surface area (Å²) in [5.41, 5.74) is 4.25. The largest absolute Gasteiger partial charge is 0.444 e. The number of amides is 2.